The van der Waals surface area contributed by atoms with Gasteiger partial charge >= 0.3 is 5.69 Å². The molecule has 1 amide bonds. The van der Waals surface area contributed by atoms with E-state index in [0.29, 0.717) is 6.07 Å². The highest BCUT2D eigenvalue weighted by atomic mass is 19.2. The van der Waals surface area contributed by atoms with Gasteiger partial charge in [-0.3, -0.25) is 19.1 Å². The van der Waals surface area contributed by atoms with Gasteiger partial charge in [-0.15, -0.1) is 0 Å². The number of rotatable bonds is 5. The van der Waals surface area contributed by atoms with Gasteiger partial charge in [-0.2, -0.15) is 4.39 Å². The molecule has 3 rings (SSSR count). The Morgan fingerprint density at radius 2 is 2.04 bits per heavy atom. The molecule has 0 spiro atoms. The zero-order valence-electron chi connectivity index (χ0n) is 14.4. The number of amides is 1. The standard InChI is InChI=1S/C17H13F3N4O4/c1-28-13-11(19)9(7-10(18)12(13)20)15(25)22-5-6-24-16(26)8-3-2-4-21-14(8)23-17(24)27/h2-4,7H,5-6H2,1H3,(H,22,25)(H,21,23,27). The third-order valence-corrected chi connectivity index (χ3v) is 3.94. The Morgan fingerprint density at radius 1 is 1.29 bits per heavy atom. The van der Waals surface area contributed by atoms with E-state index >= 15 is 0 Å². The van der Waals surface area contributed by atoms with Crippen LogP contribution in [-0.4, -0.2) is 34.1 Å². The van der Waals surface area contributed by atoms with Crippen molar-refractivity contribution in [2.75, 3.05) is 13.7 Å². The molecule has 2 heterocycles. The normalized spacial score (nSPS) is 10.9. The van der Waals surface area contributed by atoms with Gasteiger partial charge in [0.05, 0.1) is 18.1 Å². The number of H-pyrrole nitrogens is 1. The second kappa shape index (κ2) is 7.55. The van der Waals surface area contributed by atoms with Gasteiger partial charge in [0.2, 0.25) is 5.82 Å². The predicted octanol–water partition coefficient (Wildman–Crippen LogP) is 0.941. The summed E-state index contributed by atoms with van der Waals surface area (Å²) in [5, 5.41) is 2.41. The molecule has 11 heteroatoms. The Hall–Kier alpha value is -3.63. The molecule has 0 unspecified atom stereocenters. The van der Waals surface area contributed by atoms with Gasteiger partial charge in [0.1, 0.15) is 5.65 Å². The summed E-state index contributed by atoms with van der Waals surface area (Å²) in [7, 11) is 0.926. The predicted molar refractivity (Wildman–Crippen MR) is 91.8 cm³/mol. The summed E-state index contributed by atoms with van der Waals surface area (Å²) in [6, 6.07) is 3.38. The molecule has 0 bridgehead atoms. The maximum atomic E-state index is 14.1. The Balaban J connectivity index is 1.80. The number of carbonyl (C=O) groups excluding carboxylic acids is 1. The van der Waals surface area contributed by atoms with Crippen LogP contribution in [-0.2, 0) is 6.54 Å². The number of hydrogen-bond donors (Lipinski definition) is 2. The number of nitrogens with one attached hydrogen (secondary N) is 2. The average molecular weight is 394 g/mol. The molecule has 28 heavy (non-hydrogen) atoms. The Kier molecular flexibility index (Phi) is 5.16. The Labute approximate surface area is 154 Å². The molecule has 0 fully saturated rings. The summed E-state index contributed by atoms with van der Waals surface area (Å²) in [6.45, 7) is -0.499. The number of aromatic amines is 1. The van der Waals surface area contributed by atoms with Crippen molar-refractivity contribution in [2.24, 2.45) is 0 Å². The van der Waals surface area contributed by atoms with Gasteiger partial charge in [-0.1, -0.05) is 0 Å². The molecule has 0 saturated heterocycles. The number of ether oxygens (including phenoxy) is 1. The fourth-order valence-corrected chi connectivity index (χ4v) is 2.59. The summed E-state index contributed by atoms with van der Waals surface area (Å²) in [5.41, 5.74) is -2.03. The van der Waals surface area contributed by atoms with Crippen molar-refractivity contribution in [3.8, 4) is 5.75 Å². The first-order valence-corrected chi connectivity index (χ1v) is 7.92. The third-order valence-electron chi connectivity index (χ3n) is 3.94. The van der Waals surface area contributed by atoms with Gasteiger partial charge in [0.15, 0.2) is 17.4 Å². The molecule has 0 saturated carbocycles. The van der Waals surface area contributed by atoms with Crippen LogP contribution >= 0.6 is 0 Å². The second-order valence-corrected chi connectivity index (χ2v) is 5.61. The van der Waals surface area contributed by atoms with Gasteiger partial charge in [-0.05, 0) is 18.2 Å². The molecule has 1 aromatic carbocycles. The van der Waals surface area contributed by atoms with E-state index in [1.54, 1.807) is 0 Å². The lowest BCUT2D eigenvalue weighted by Crippen LogP contribution is -2.39. The average Bonchev–Trinajstić information content (AvgIpc) is 2.67. The molecular weight excluding hydrogens is 381 g/mol. The minimum atomic E-state index is -1.56. The number of methoxy groups -OCH3 is 1. The van der Waals surface area contributed by atoms with Crippen LogP contribution in [0.1, 0.15) is 10.4 Å². The second-order valence-electron chi connectivity index (χ2n) is 5.61. The Morgan fingerprint density at radius 3 is 2.75 bits per heavy atom. The maximum Gasteiger partial charge on any atom is 0.330 e. The quantitative estimate of drug-likeness (QED) is 0.627. The molecule has 8 nitrogen and oxygen atoms in total. The van der Waals surface area contributed by atoms with Gasteiger partial charge in [0, 0.05) is 19.3 Å². The topological polar surface area (TPSA) is 106 Å². The SMILES string of the molecule is COc1c(F)c(F)cc(C(=O)NCCn2c(=O)[nH]c3ncccc3c2=O)c1F. The summed E-state index contributed by atoms with van der Waals surface area (Å²) < 4.78 is 46.3. The zero-order valence-corrected chi connectivity index (χ0v) is 14.4. The first-order valence-electron chi connectivity index (χ1n) is 7.92. The highest BCUT2D eigenvalue weighted by Gasteiger charge is 2.23. The van der Waals surface area contributed by atoms with Crippen molar-refractivity contribution in [3.63, 3.8) is 0 Å². The van der Waals surface area contributed by atoms with E-state index < -0.39 is 45.9 Å². The zero-order chi connectivity index (χ0) is 20.4. The van der Waals surface area contributed by atoms with Gasteiger partial charge in [-0.25, -0.2) is 18.6 Å². The number of aromatic nitrogens is 3. The number of nitrogens with zero attached hydrogens (tertiary/aromatic N) is 2. The molecule has 146 valence electrons. The number of fused-ring (bicyclic) bond motifs is 1. The lowest BCUT2D eigenvalue weighted by molar-refractivity contribution is 0.0946. The van der Waals surface area contributed by atoms with Crippen molar-refractivity contribution in [1.29, 1.82) is 0 Å². The van der Waals surface area contributed by atoms with Crippen LogP contribution in [0.25, 0.3) is 11.0 Å². The minimum Gasteiger partial charge on any atom is -0.491 e. The number of pyridine rings is 1. The van der Waals surface area contributed by atoms with Crippen LogP contribution < -0.4 is 21.3 Å². The lowest BCUT2D eigenvalue weighted by atomic mass is 10.1. The summed E-state index contributed by atoms with van der Waals surface area (Å²) in [4.78, 5) is 42.7. The van der Waals surface area contributed by atoms with E-state index in [0.717, 1.165) is 11.7 Å². The van der Waals surface area contributed by atoms with E-state index in [9.17, 15) is 27.6 Å². The summed E-state index contributed by atoms with van der Waals surface area (Å²) in [6.07, 6.45) is 1.41. The number of benzene rings is 1. The van der Waals surface area contributed by atoms with E-state index in [1.165, 1.54) is 18.3 Å². The number of halogens is 3. The van der Waals surface area contributed by atoms with Crippen molar-refractivity contribution in [3.05, 3.63) is 68.2 Å². The molecule has 0 atom stereocenters. The molecular formula is C17H13F3N4O4. The van der Waals surface area contributed by atoms with E-state index in [-0.39, 0.29) is 24.1 Å². The molecule has 2 N–H and O–H groups in total. The molecule has 3 aromatic rings. The van der Waals surface area contributed by atoms with Crippen LogP contribution in [0.15, 0.2) is 34.0 Å². The largest absolute Gasteiger partial charge is 0.491 e. The fraction of sp³-hybridized carbons (Fsp3) is 0.176. The van der Waals surface area contributed by atoms with Crippen LogP contribution in [0.5, 0.6) is 5.75 Å². The van der Waals surface area contributed by atoms with Crippen LogP contribution in [0.3, 0.4) is 0 Å². The Bertz CT molecular complexity index is 1190. The highest BCUT2D eigenvalue weighted by molar-refractivity contribution is 5.95. The maximum absolute atomic E-state index is 14.1. The molecule has 0 aliphatic heterocycles. The smallest absolute Gasteiger partial charge is 0.330 e. The molecule has 0 aliphatic rings. The highest BCUT2D eigenvalue weighted by Crippen LogP contribution is 2.26. The minimum absolute atomic E-state index is 0.119. The van der Waals surface area contributed by atoms with Crippen molar-refractivity contribution in [1.82, 2.24) is 19.9 Å². The molecule has 0 aliphatic carbocycles. The van der Waals surface area contributed by atoms with E-state index in [1.807, 2.05) is 0 Å². The van der Waals surface area contributed by atoms with E-state index in [2.05, 4.69) is 20.0 Å². The first kappa shape index (κ1) is 19.1. The van der Waals surface area contributed by atoms with E-state index in [4.69, 9.17) is 0 Å². The third kappa shape index (κ3) is 3.33. The first-order chi connectivity index (χ1) is 13.3. The summed E-state index contributed by atoms with van der Waals surface area (Å²) in [5.74, 6) is -6.48. The number of carbonyl (C=O) groups is 1. The van der Waals surface area contributed by atoms with Crippen LogP contribution in [0.4, 0.5) is 13.2 Å². The monoisotopic (exact) mass is 394 g/mol. The number of hydrogen-bond acceptors (Lipinski definition) is 5. The van der Waals surface area contributed by atoms with Crippen LogP contribution in [0.2, 0.25) is 0 Å². The molecule has 0 radical (unpaired) electrons. The summed E-state index contributed by atoms with van der Waals surface area (Å²) >= 11 is 0. The van der Waals surface area contributed by atoms with Crippen molar-refractivity contribution >= 4 is 16.9 Å². The molecule has 2 aromatic heterocycles. The fourth-order valence-electron chi connectivity index (χ4n) is 2.59. The van der Waals surface area contributed by atoms with Crippen LogP contribution in [0, 0.1) is 17.5 Å². The van der Waals surface area contributed by atoms with Crippen molar-refractivity contribution < 1.29 is 22.7 Å². The van der Waals surface area contributed by atoms with Crippen molar-refractivity contribution in [2.45, 2.75) is 6.54 Å². The van der Waals surface area contributed by atoms with Gasteiger partial charge < -0.3 is 10.1 Å². The van der Waals surface area contributed by atoms with Gasteiger partial charge in [0.25, 0.3) is 11.5 Å². The lowest BCUT2D eigenvalue weighted by Gasteiger charge is -2.11.